The number of hydrogen-bond donors (Lipinski definition) is 3. The smallest absolute Gasteiger partial charge is 0.150 e. The van der Waals surface area contributed by atoms with Crippen LogP contribution in [0.3, 0.4) is 0 Å². The van der Waals surface area contributed by atoms with Gasteiger partial charge in [0.2, 0.25) is 0 Å². The van der Waals surface area contributed by atoms with E-state index in [1.165, 1.54) is 0 Å². The standard InChI is InChI=1S/C22H30N4O4/c27-8-3-9-29-11-7-17(15-28)16-5-6-20-19(12-16)22(18-13-23-24-14-18)25-26(20)21-4-1-2-10-30-21/h5-6,12-14,17,21,27-28H,1-4,7-11,15H2,(H,23,24). The summed E-state index contributed by atoms with van der Waals surface area (Å²) in [5, 5.41) is 31.7. The third-order valence-corrected chi connectivity index (χ3v) is 5.68. The lowest BCUT2D eigenvalue weighted by Gasteiger charge is -2.23. The monoisotopic (exact) mass is 414 g/mol. The molecule has 1 aromatic carbocycles. The number of fused-ring (bicyclic) bond motifs is 1. The van der Waals surface area contributed by atoms with Crippen molar-refractivity contribution < 1.29 is 19.7 Å². The Morgan fingerprint density at radius 1 is 1.27 bits per heavy atom. The predicted molar refractivity (Wildman–Crippen MR) is 113 cm³/mol. The molecule has 30 heavy (non-hydrogen) atoms. The van der Waals surface area contributed by atoms with Crippen molar-refractivity contribution in [3.8, 4) is 11.3 Å². The summed E-state index contributed by atoms with van der Waals surface area (Å²) in [5.74, 6) is -0.0185. The highest BCUT2D eigenvalue weighted by molar-refractivity contribution is 5.93. The van der Waals surface area contributed by atoms with E-state index in [2.05, 4.69) is 28.4 Å². The van der Waals surface area contributed by atoms with Gasteiger partial charge in [-0.1, -0.05) is 6.07 Å². The van der Waals surface area contributed by atoms with Gasteiger partial charge in [-0.15, -0.1) is 0 Å². The first-order valence-corrected chi connectivity index (χ1v) is 10.7. The van der Waals surface area contributed by atoms with Crippen molar-refractivity contribution in [2.45, 2.75) is 44.2 Å². The third kappa shape index (κ3) is 4.57. The minimum Gasteiger partial charge on any atom is -0.396 e. The molecule has 8 nitrogen and oxygen atoms in total. The summed E-state index contributed by atoms with van der Waals surface area (Å²) in [5.41, 5.74) is 3.88. The molecule has 1 aliphatic rings. The van der Waals surface area contributed by atoms with Crippen LogP contribution in [0.2, 0.25) is 0 Å². The summed E-state index contributed by atoms with van der Waals surface area (Å²) < 4.78 is 13.5. The van der Waals surface area contributed by atoms with E-state index in [9.17, 15) is 5.11 Å². The largest absolute Gasteiger partial charge is 0.396 e. The van der Waals surface area contributed by atoms with Crippen molar-refractivity contribution in [3.63, 3.8) is 0 Å². The van der Waals surface area contributed by atoms with Gasteiger partial charge in [-0.2, -0.15) is 10.2 Å². The van der Waals surface area contributed by atoms with Gasteiger partial charge in [0.15, 0.2) is 6.23 Å². The number of nitrogens with zero attached hydrogens (tertiary/aromatic N) is 3. The second kappa shape index (κ2) is 10.2. The molecular formula is C22H30N4O4. The molecule has 0 saturated carbocycles. The zero-order valence-electron chi connectivity index (χ0n) is 17.2. The molecule has 8 heteroatoms. The Kier molecular flexibility index (Phi) is 7.11. The Labute approximate surface area is 175 Å². The van der Waals surface area contributed by atoms with Crippen molar-refractivity contribution in [1.29, 1.82) is 0 Å². The summed E-state index contributed by atoms with van der Waals surface area (Å²) in [4.78, 5) is 0. The highest BCUT2D eigenvalue weighted by Gasteiger charge is 2.23. The fourth-order valence-electron chi connectivity index (χ4n) is 4.00. The number of aromatic amines is 1. The SMILES string of the molecule is OCCCOCCC(CO)c1ccc2c(c1)c(-c1cn[nH]c1)nn2C1CCCCO1. The average molecular weight is 415 g/mol. The molecule has 0 spiro atoms. The molecule has 1 saturated heterocycles. The fourth-order valence-corrected chi connectivity index (χ4v) is 4.00. The number of H-pyrrole nitrogens is 1. The molecule has 1 fully saturated rings. The highest BCUT2D eigenvalue weighted by atomic mass is 16.5. The van der Waals surface area contributed by atoms with Gasteiger partial charge in [0, 0.05) is 49.5 Å². The number of ether oxygens (including phenoxy) is 2. The summed E-state index contributed by atoms with van der Waals surface area (Å²) in [6.45, 7) is 2.02. The van der Waals surface area contributed by atoms with E-state index >= 15 is 0 Å². The van der Waals surface area contributed by atoms with Crippen LogP contribution in [-0.2, 0) is 9.47 Å². The van der Waals surface area contributed by atoms with Gasteiger partial charge in [-0.05, 0) is 49.8 Å². The van der Waals surface area contributed by atoms with Crippen LogP contribution in [0.1, 0.15) is 49.8 Å². The second-order valence-electron chi connectivity index (χ2n) is 7.74. The molecule has 0 radical (unpaired) electrons. The first kappa shape index (κ1) is 21.0. The van der Waals surface area contributed by atoms with Crippen molar-refractivity contribution in [1.82, 2.24) is 20.0 Å². The van der Waals surface area contributed by atoms with Crippen molar-refractivity contribution in [2.24, 2.45) is 0 Å². The van der Waals surface area contributed by atoms with Crippen LogP contribution in [0.15, 0.2) is 30.6 Å². The molecule has 0 amide bonds. The molecular weight excluding hydrogens is 384 g/mol. The number of hydrogen-bond acceptors (Lipinski definition) is 6. The Bertz CT molecular complexity index is 919. The van der Waals surface area contributed by atoms with Crippen LogP contribution in [-0.4, -0.2) is 63.2 Å². The van der Waals surface area contributed by atoms with Gasteiger partial charge in [-0.3, -0.25) is 5.10 Å². The summed E-state index contributed by atoms with van der Waals surface area (Å²) in [7, 11) is 0. The number of benzene rings is 1. The van der Waals surface area contributed by atoms with Crippen LogP contribution in [0.5, 0.6) is 0 Å². The zero-order chi connectivity index (χ0) is 20.8. The number of nitrogens with one attached hydrogen (secondary N) is 1. The number of aromatic nitrogens is 4. The van der Waals surface area contributed by atoms with E-state index < -0.39 is 0 Å². The Morgan fingerprint density at radius 2 is 2.20 bits per heavy atom. The molecule has 162 valence electrons. The summed E-state index contributed by atoms with van der Waals surface area (Å²) in [6.07, 6.45) is 8.09. The number of aliphatic hydroxyl groups excluding tert-OH is 2. The first-order chi connectivity index (χ1) is 14.8. The topological polar surface area (TPSA) is 105 Å². The Morgan fingerprint density at radius 3 is 2.93 bits per heavy atom. The van der Waals surface area contributed by atoms with Gasteiger partial charge in [0.05, 0.1) is 18.3 Å². The minimum atomic E-state index is -0.0543. The molecule has 4 rings (SSSR count). The van der Waals surface area contributed by atoms with Gasteiger partial charge >= 0.3 is 0 Å². The van der Waals surface area contributed by atoms with Crippen LogP contribution in [0, 0.1) is 0 Å². The lowest BCUT2D eigenvalue weighted by atomic mass is 9.95. The normalized spacial score (nSPS) is 18.1. The van der Waals surface area contributed by atoms with Crippen molar-refractivity contribution in [2.75, 3.05) is 33.0 Å². The maximum Gasteiger partial charge on any atom is 0.150 e. The van der Waals surface area contributed by atoms with Crippen LogP contribution >= 0.6 is 0 Å². The number of aliphatic hydroxyl groups is 2. The summed E-state index contributed by atoms with van der Waals surface area (Å²) in [6, 6.07) is 6.27. The molecule has 3 N–H and O–H groups in total. The maximum absolute atomic E-state index is 9.97. The lowest BCUT2D eigenvalue weighted by molar-refractivity contribution is -0.0365. The minimum absolute atomic E-state index is 0.0185. The molecule has 0 bridgehead atoms. The first-order valence-electron chi connectivity index (χ1n) is 10.7. The molecule has 2 aromatic heterocycles. The van der Waals surface area contributed by atoms with Crippen molar-refractivity contribution in [3.05, 3.63) is 36.2 Å². The average Bonchev–Trinajstić information content (AvgIpc) is 3.44. The molecule has 3 aromatic rings. The van der Waals surface area contributed by atoms with E-state index in [4.69, 9.17) is 19.7 Å². The fraction of sp³-hybridized carbons (Fsp3) is 0.545. The van der Waals surface area contributed by atoms with E-state index in [0.717, 1.165) is 53.6 Å². The van der Waals surface area contributed by atoms with Gasteiger partial charge in [0.1, 0.15) is 5.69 Å². The molecule has 3 heterocycles. The van der Waals surface area contributed by atoms with Crippen LogP contribution < -0.4 is 0 Å². The Balaban J connectivity index is 1.64. The van der Waals surface area contributed by atoms with Gasteiger partial charge in [-0.25, -0.2) is 4.68 Å². The lowest BCUT2D eigenvalue weighted by Crippen LogP contribution is -2.19. The quantitative estimate of drug-likeness (QED) is 0.441. The zero-order valence-corrected chi connectivity index (χ0v) is 17.2. The third-order valence-electron chi connectivity index (χ3n) is 5.68. The van der Waals surface area contributed by atoms with Gasteiger partial charge in [0.25, 0.3) is 0 Å². The van der Waals surface area contributed by atoms with E-state index in [0.29, 0.717) is 26.1 Å². The van der Waals surface area contributed by atoms with E-state index in [1.807, 2.05) is 10.9 Å². The highest BCUT2D eigenvalue weighted by Crippen LogP contribution is 2.34. The summed E-state index contributed by atoms with van der Waals surface area (Å²) >= 11 is 0. The molecule has 2 unspecified atom stereocenters. The second-order valence-corrected chi connectivity index (χ2v) is 7.74. The van der Waals surface area contributed by atoms with E-state index in [-0.39, 0.29) is 25.4 Å². The Hall–Kier alpha value is -2.26. The molecule has 1 aliphatic heterocycles. The maximum atomic E-state index is 9.97. The van der Waals surface area contributed by atoms with Crippen LogP contribution in [0.25, 0.3) is 22.2 Å². The number of rotatable bonds is 10. The van der Waals surface area contributed by atoms with Crippen LogP contribution in [0.4, 0.5) is 0 Å². The van der Waals surface area contributed by atoms with Gasteiger partial charge < -0.3 is 19.7 Å². The predicted octanol–water partition coefficient (Wildman–Crippen LogP) is 2.99. The molecule has 2 atom stereocenters. The molecule has 0 aliphatic carbocycles. The van der Waals surface area contributed by atoms with Crippen molar-refractivity contribution >= 4 is 10.9 Å². The van der Waals surface area contributed by atoms with E-state index in [1.54, 1.807) is 6.20 Å².